The van der Waals surface area contributed by atoms with Gasteiger partial charge in [0, 0.05) is 50.3 Å². The Morgan fingerprint density at radius 2 is 1.06 bits per heavy atom. The van der Waals surface area contributed by atoms with Gasteiger partial charge in [0.15, 0.2) is 0 Å². The second kappa shape index (κ2) is 20.3. The van der Waals surface area contributed by atoms with E-state index in [0.717, 1.165) is 13.1 Å². The summed E-state index contributed by atoms with van der Waals surface area (Å²) in [6.07, 6.45) is -9.32. The number of carbonyl (C=O) groups is 4. The van der Waals surface area contributed by atoms with Crippen molar-refractivity contribution >= 4 is 23.9 Å². The van der Waals surface area contributed by atoms with Crippen molar-refractivity contribution in [2.45, 2.75) is 69.0 Å². The van der Waals surface area contributed by atoms with Gasteiger partial charge in [-0.15, -0.1) is 0 Å². The molecule has 294 valence electrons. The van der Waals surface area contributed by atoms with Crippen molar-refractivity contribution in [1.29, 1.82) is 0 Å². The standard InChI is InChI=1S/C20H26N4.4C2HF3O2/c1-2-11-22-19(6-1)17-23-13-8-20(9-14-23)7-4-12-24(20)16-18-5-3-10-21-15-18;4*3-2(4,5)1(6)7/h1-3,5-6,10-11,15H,4,7-9,12-14,16-17H2;4*(H,6,7). The summed E-state index contributed by atoms with van der Waals surface area (Å²) in [5.41, 5.74) is 2.94. The minimum absolute atomic E-state index is 0.413. The lowest BCUT2D eigenvalue weighted by Gasteiger charge is -2.45. The lowest BCUT2D eigenvalue weighted by molar-refractivity contribution is -0.193. The number of aromatic nitrogens is 2. The molecule has 2 fully saturated rings. The largest absolute Gasteiger partial charge is 0.490 e. The molecule has 0 aromatic carbocycles. The highest BCUT2D eigenvalue weighted by Crippen LogP contribution is 2.39. The van der Waals surface area contributed by atoms with Crippen molar-refractivity contribution in [2.75, 3.05) is 19.6 Å². The topological polar surface area (TPSA) is 181 Å². The molecule has 4 N–H and O–H groups in total. The third-order valence-corrected chi connectivity index (χ3v) is 6.71. The van der Waals surface area contributed by atoms with Crippen LogP contribution in [0.3, 0.4) is 0 Å². The molecule has 52 heavy (non-hydrogen) atoms. The minimum Gasteiger partial charge on any atom is -0.475 e. The normalized spacial score (nSPS) is 15.9. The number of alkyl halides is 12. The van der Waals surface area contributed by atoms with Crippen LogP contribution in [0, 0.1) is 0 Å². The van der Waals surface area contributed by atoms with E-state index < -0.39 is 48.6 Å². The Morgan fingerprint density at radius 1 is 0.615 bits per heavy atom. The number of hydrogen-bond donors (Lipinski definition) is 4. The van der Waals surface area contributed by atoms with Crippen LogP contribution in [0.5, 0.6) is 0 Å². The maximum Gasteiger partial charge on any atom is 0.490 e. The molecule has 12 nitrogen and oxygen atoms in total. The molecule has 24 heteroatoms. The molecular weight excluding hydrogens is 748 g/mol. The summed E-state index contributed by atoms with van der Waals surface area (Å²) >= 11 is 0. The summed E-state index contributed by atoms with van der Waals surface area (Å²) in [7, 11) is 0. The van der Waals surface area contributed by atoms with Crippen molar-refractivity contribution in [1.82, 2.24) is 19.8 Å². The number of rotatable bonds is 4. The fourth-order valence-corrected chi connectivity index (χ4v) is 4.37. The molecule has 0 bridgehead atoms. The van der Waals surface area contributed by atoms with E-state index in [1.165, 1.54) is 56.6 Å². The van der Waals surface area contributed by atoms with Crippen molar-refractivity contribution in [2.24, 2.45) is 0 Å². The van der Waals surface area contributed by atoms with Crippen LogP contribution in [0.25, 0.3) is 0 Å². The molecule has 2 aromatic heterocycles. The molecule has 0 aliphatic carbocycles. The zero-order valence-electron chi connectivity index (χ0n) is 26.2. The van der Waals surface area contributed by atoms with Crippen molar-refractivity contribution in [3.05, 3.63) is 60.2 Å². The van der Waals surface area contributed by atoms with Gasteiger partial charge in [0.25, 0.3) is 0 Å². The fourth-order valence-electron chi connectivity index (χ4n) is 4.37. The van der Waals surface area contributed by atoms with Crippen LogP contribution in [0.15, 0.2) is 48.9 Å². The zero-order chi connectivity index (χ0) is 40.6. The van der Waals surface area contributed by atoms with Crippen LogP contribution in [-0.4, -0.2) is 114 Å². The number of likely N-dealkylation sites (tertiary alicyclic amines) is 2. The summed E-state index contributed by atoms with van der Waals surface area (Å²) in [5, 5.41) is 28.5. The predicted molar refractivity (Wildman–Crippen MR) is 150 cm³/mol. The first-order chi connectivity index (χ1) is 23.6. The first kappa shape index (κ1) is 47.3. The second-order valence-corrected chi connectivity index (χ2v) is 10.4. The van der Waals surface area contributed by atoms with Gasteiger partial charge in [0.2, 0.25) is 0 Å². The molecule has 0 radical (unpaired) electrons. The molecule has 2 saturated heterocycles. The SMILES string of the molecule is O=C(O)C(F)(F)F.O=C(O)C(F)(F)F.O=C(O)C(F)(F)F.O=C(O)C(F)(F)F.c1ccc(CN2CCC3(CCCN3Cc3cccnc3)CC2)nc1. The number of aliphatic carboxylic acids is 4. The number of nitrogens with zero attached hydrogens (tertiary/aromatic N) is 4. The van der Waals surface area contributed by atoms with Gasteiger partial charge in [-0.3, -0.25) is 19.8 Å². The van der Waals surface area contributed by atoms with E-state index in [0.29, 0.717) is 5.54 Å². The van der Waals surface area contributed by atoms with E-state index in [2.05, 4.69) is 38.0 Å². The van der Waals surface area contributed by atoms with Crippen molar-refractivity contribution < 1.29 is 92.3 Å². The molecule has 2 aromatic rings. The molecule has 1 spiro atoms. The van der Waals surface area contributed by atoms with Crippen LogP contribution in [-0.2, 0) is 32.3 Å². The third-order valence-electron chi connectivity index (χ3n) is 6.71. The van der Waals surface area contributed by atoms with Crippen LogP contribution in [0.1, 0.15) is 36.9 Å². The Balaban J connectivity index is 0.000000764. The van der Waals surface area contributed by atoms with Crippen LogP contribution < -0.4 is 0 Å². The molecule has 0 amide bonds. The molecule has 4 rings (SSSR count). The Labute approximate surface area is 285 Å². The maximum absolute atomic E-state index is 10.6. The van der Waals surface area contributed by atoms with E-state index in [1.807, 2.05) is 30.7 Å². The molecule has 0 unspecified atom stereocenters. The number of carboxylic acid groups (broad SMARTS) is 4. The van der Waals surface area contributed by atoms with Gasteiger partial charge in [-0.1, -0.05) is 12.1 Å². The predicted octanol–water partition coefficient (Wildman–Crippen LogP) is 5.64. The Kier molecular flexibility index (Phi) is 18.5. The van der Waals surface area contributed by atoms with Crippen LogP contribution in [0.4, 0.5) is 52.7 Å². The van der Waals surface area contributed by atoms with Crippen LogP contribution >= 0.6 is 0 Å². The number of pyridine rings is 2. The average molecular weight is 779 g/mol. The number of halogens is 12. The van der Waals surface area contributed by atoms with Crippen molar-refractivity contribution in [3.63, 3.8) is 0 Å². The van der Waals surface area contributed by atoms with E-state index in [4.69, 9.17) is 39.6 Å². The van der Waals surface area contributed by atoms with Crippen molar-refractivity contribution in [3.8, 4) is 0 Å². The highest BCUT2D eigenvalue weighted by Gasteiger charge is 2.43. The summed E-state index contributed by atoms with van der Waals surface area (Å²) in [4.78, 5) is 49.6. The lowest BCUT2D eigenvalue weighted by Crippen LogP contribution is -2.51. The first-order valence-electron chi connectivity index (χ1n) is 14.1. The summed E-state index contributed by atoms with van der Waals surface area (Å²) < 4.78 is 127. The molecular formula is C28H30F12N4O8. The number of hydrogen-bond acceptors (Lipinski definition) is 8. The summed E-state index contributed by atoms with van der Waals surface area (Å²) in [5.74, 6) is -11.0. The van der Waals surface area contributed by atoms with Gasteiger partial charge in [0.1, 0.15) is 0 Å². The van der Waals surface area contributed by atoms with Gasteiger partial charge in [-0.25, -0.2) is 19.2 Å². The van der Waals surface area contributed by atoms with E-state index in [-0.39, 0.29) is 0 Å². The molecule has 2 aliphatic rings. The highest BCUT2D eigenvalue weighted by molar-refractivity contribution is 5.74. The van der Waals surface area contributed by atoms with Gasteiger partial charge >= 0.3 is 48.6 Å². The highest BCUT2D eigenvalue weighted by atomic mass is 19.4. The van der Waals surface area contributed by atoms with E-state index in [1.54, 1.807) is 0 Å². The summed E-state index contributed by atoms with van der Waals surface area (Å²) in [6, 6.07) is 10.5. The molecule has 0 atom stereocenters. The number of piperidine rings is 1. The minimum atomic E-state index is -5.08. The first-order valence-corrected chi connectivity index (χ1v) is 14.1. The molecule has 4 heterocycles. The second-order valence-electron chi connectivity index (χ2n) is 10.4. The van der Waals surface area contributed by atoms with E-state index >= 15 is 0 Å². The third kappa shape index (κ3) is 19.0. The smallest absolute Gasteiger partial charge is 0.475 e. The van der Waals surface area contributed by atoms with Gasteiger partial charge in [-0.05, 0) is 56.0 Å². The van der Waals surface area contributed by atoms with Gasteiger partial charge in [-0.2, -0.15) is 52.7 Å². The lowest BCUT2D eigenvalue weighted by atomic mass is 9.84. The Hall–Kier alpha value is -4.74. The summed E-state index contributed by atoms with van der Waals surface area (Å²) in [6.45, 7) is 5.63. The quantitative estimate of drug-likeness (QED) is 0.281. The Morgan fingerprint density at radius 3 is 1.40 bits per heavy atom. The maximum atomic E-state index is 10.6. The Bertz CT molecular complexity index is 1300. The zero-order valence-corrected chi connectivity index (χ0v) is 26.2. The number of carboxylic acids is 4. The van der Waals surface area contributed by atoms with Crippen LogP contribution in [0.2, 0.25) is 0 Å². The molecule has 2 aliphatic heterocycles. The van der Waals surface area contributed by atoms with Gasteiger partial charge < -0.3 is 20.4 Å². The molecule has 0 saturated carbocycles. The fraction of sp³-hybridized carbons (Fsp3) is 0.500. The monoisotopic (exact) mass is 778 g/mol. The average Bonchev–Trinajstić information content (AvgIpc) is 3.39. The van der Waals surface area contributed by atoms with Gasteiger partial charge in [0.05, 0.1) is 5.69 Å². The van der Waals surface area contributed by atoms with E-state index in [9.17, 15) is 52.7 Å².